The third-order valence-electron chi connectivity index (χ3n) is 2.89. The molecule has 0 fully saturated rings. The average molecular weight is 288 g/mol. The van der Waals surface area contributed by atoms with Gasteiger partial charge >= 0.3 is 0 Å². The van der Waals surface area contributed by atoms with E-state index < -0.39 is 0 Å². The number of nitrogens with one attached hydrogen (secondary N) is 1. The number of pyridine rings is 1. The molecule has 0 unspecified atom stereocenters. The van der Waals surface area contributed by atoms with Crippen molar-refractivity contribution in [1.29, 1.82) is 0 Å². The number of hydrogen-bond donors (Lipinski definition) is 1. The van der Waals surface area contributed by atoms with Gasteiger partial charge in [-0.25, -0.2) is 4.98 Å². The molecule has 0 aliphatic rings. The van der Waals surface area contributed by atoms with E-state index >= 15 is 0 Å². The Balaban J connectivity index is 2.06. The fourth-order valence-electron chi connectivity index (χ4n) is 1.85. The van der Waals surface area contributed by atoms with E-state index in [4.69, 9.17) is 4.74 Å². The topological polar surface area (TPSA) is 34.2 Å². The zero-order valence-corrected chi connectivity index (χ0v) is 12.7. The van der Waals surface area contributed by atoms with Crippen LogP contribution in [0.3, 0.4) is 0 Å². The molecule has 2 aromatic rings. The smallest absolute Gasteiger partial charge is 0.132 e. The summed E-state index contributed by atoms with van der Waals surface area (Å²) in [4.78, 5) is 5.57. The maximum absolute atomic E-state index is 5.38. The second-order valence-electron chi connectivity index (χ2n) is 4.38. The number of para-hydroxylation sites is 1. The summed E-state index contributed by atoms with van der Waals surface area (Å²) < 4.78 is 5.38. The Labute approximate surface area is 124 Å². The van der Waals surface area contributed by atoms with Crippen molar-refractivity contribution in [2.24, 2.45) is 0 Å². The molecule has 106 valence electrons. The Kier molecular flexibility index (Phi) is 5.74. The summed E-state index contributed by atoms with van der Waals surface area (Å²) in [5.74, 6) is 2.78. The monoisotopic (exact) mass is 288 g/mol. The molecular formula is C16H20N2OS. The van der Waals surface area contributed by atoms with Crippen LogP contribution in [-0.2, 0) is 5.75 Å². The normalized spacial score (nSPS) is 10.3. The molecule has 0 amide bonds. The van der Waals surface area contributed by atoms with Gasteiger partial charge in [0.15, 0.2) is 0 Å². The van der Waals surface area contributed by atoms with E-state index in [0.29, 0.717) is 0 Å². The predicted octanol–water partition coefficient (Wildman–Crippen LogP) is 4.20. The van der Waals surface area contributed by atoms with Gasteiger partial charge in [0.25, 0.3) is 0 Å². The average Bonchev–Trinajstić information content (AvgIpc) is 2.52. The molecule has 0 bridgehead atoms. The number of ether oxygens (including phenoxy) is 1. The van der Waals surface area contributed by atoms with Gasteiger partial charge in [-0.3, -0.25) is 0 Å². The van der Waals surface area contributed by atoms with Gasteiger partial charge in [-0.05, 0) is 24.6 Å². The molecule has 1 N–H and O–H groups in total. The quantitative estimate of drug-likeness (QED) is 0.774. The number of rotatable bonds is 7. The Morgan fingerprint density at radius 1 is 1.20 bits per heavy atom. The Hall–Kier alpha value is -1.68. The summed E-state index contributed by atoms with van der Waals surface area (Å²) in [7, 11) is 1.71. The minimum absolute atomic E-state index is 0.875. The third-order valence-corrected chi connectivity index (χ3v) is 3.99. The molecule has 2 rings (SSSR count). The van der Waals surface area contributed by atoms with Gasteiger partial charge in [0.1, 0.15) is 11.6 Å². The van der Waals surface area contributed by atoms with Crippen molar-refractivity contribution in [1.82, 2.24) is 4.98 Å². The van der Waals surface area contributed by atoms with Gasteiger partial charge in [0.2, 0.25) is 0 Å². The lowest BCUT2D eigenvalue weighted by molar-refractivity contribution is 0.405. The summed E-state index contributed by atoms with van der Waals surface area (Å²) >= 11 is 1.77. The minimum atomic E-state index is 0.875. The number of thioether (sulfide) groups is 1. The molecule has 0 aliphatic heterocycles. The molecule has 0 spiro atoms. The maximum Gasteiger partial charge on any atom is 0.132 e. The number of methoxy groups -OCH3 is 1. The van der Waals surface area contributed by atoms with Crippen LogP contribution in [0.2, 0.25) is 0 Å². The van der Waals surface area contributed by atoms with Crippen LogP contribution in [-0.4, -0.2) is 18.6 Å². The van der Waals surface area contributed by atoms with Crippen LogP contribution < -0.4 is 10.1 Å². The molecule has 1 aromatic heterocycles. The molecule has 0 aliphatic carbocycles. The van der Waals surface area contributed by atoms with Gasteiger partial charge in [-0.1, -0.05) is 25.1 Å². The fraction of sp³-hybridized carbons (Fsp3) is 0.312. The SMILES string of the molecule is CCCNc1ncccc1CSc1ccccc1OC. The third kappa shape index (κ3) is 3.90. The Morgan fingerprint density at radius 3 is 2.85 bits per heavy atom. The second kappa shape index (κ2) is 7.80. The van der Waals surface area contributed by atoms with E-state index in [1.54, 1.807) is 18.9 Å². The van der Waals surface area contributed by atoms with Crippen LogP contribution in [0.15, 0.2) is 47.5 Å². The van der Waals surface area contributed by atoms with Crippen LogP contribution in [0.25, 0.3) is 0 Å². The lowest BCUT2D eigenvalue weighted by Crippen LogP contribution is -2.04. The molecule has 1 aromatic carbocycles. The van der Waals surface area contributed by atoms with E-state index in [2.05, 4.69) is 29.4 Å². The molecule has 4 heteroatoms. The van der Waals surface area contributed by atoms with Crippen LogP contribution in [0.1, 0.15) is 18.9 Å². The van der Waals surface area contributed by atoms with Crippen LogP contribution >= 0.6 is 11.8 Å². The Bertz CT molecular complexity index is 546. The standard InChI is InChI=1S/C16H20N2OS/c1-3-10-17-16-13(7-6-11-18-16)12-20-15-9-5-4-8-14(15)19-2/h4-9,11H,3,10,12H2,1-2H3,(H,17,18). The van der Waals surface area contributed by atoms with Gasteiger partial charge < -0.3 is 10.1 Å². The summed E-state index contributed by atoms with van der Waals surface area (Å²) in [6, 6.07) is 12.2. The predicted molar refractivity (Wildman–Crippen MR) is 85.6 cm³/mol. The highest BCUT2D eigenvalue weighted by atomic mass is 32.2. The van der Waals surface area contributed by atoms with Crippen LogP contribution in [0.5, 0.6) is 5.75 Å². The minimum Gasteiger partial charge on any atom is -0.496 e. The van der Waals surface area contributed by atoms with E-state index in [9.17, 15) is 0 Å². The van der Waals surface area contributed by atoms with E-state index in [0.717, 1.165) is 35.2 Å². The number of nitrogens with zero attached hydrogens (tertiary/aromatic N) is 1. The zero-order chi connectivity index (χ0) is 14.2. The van der Waals surface area contributed by atoms with E-state index in [-0.39, 0.29) is 0 Å². The van der Waals surface area contributed by atoms with Crippen molar-refractivity contribution in [3.05, 3.63) is 48.2 Å². The van der Waals surface area contributed by atoms with Crippen molar-refractivity contribution in [2.75, 3.05) is 19.0 Å². The first-order valence-corrected chi connectivity index (χ1v) is 7.77. The number of hydrogen-bond acceptors (Lipinski definition) is 4. The molecule has 0 saturated carbocycles. The van der Waals surface area contributed by atoms with Crippen molar-refractivity contribution in [3.63, 3.8) is 0 Å². The summed E-state index contributed by atoms with van der Waals surface area (Å²) in [6.07, 6.45) is 2.92. The Morgan fingerprint density at radius 2 is 2.05 bits per heavy atom. The van der Waals surface area contributed by atoms with Crippen molar-refractivity contribution < 1.29 is 4.74 Å². The highest BCUT2D eigenvalue weighted by Crippen LogP contribution is 2.32. The van der Waals surface area contributed by atoms with Gasteiger partial charge in [0.05, 0.1) is 7.11 Å². The molecule has 20 heavy (non-hydrogen) atoms. The number of benzene rings is 1. The van der Waals surface area contributed by atoms with Gasteiger partial charge in [0, 0.05) is 29.0 Å². The maximum atomic E-state index is 5.38. The molecular weight excluding hydrogens is 268 g/mol. The number of aromatic nitrogens is 1. The van der Waals surface area contributed by atoms with Crippen LogP contribution in [0, 0.1) is 0 Å². The molecule has 0 radical (unpaired) electrons. The summed E-state index contributed by atoms with van der Waals surface area (Å²) in [5.41, 5.74) is 1.22. The number of anilines is 1. The van der Waals surface area contributed by atoms with Crippen molar-refractivity contribution in [3.8, 4) is 5.75 Å². The second-order valence-corrected chi connectivity index (χ2v) is 5.39. The molecule has 0 atom stereocenters. The lowest BCUT2D eigenvalue weighted by Gasteiger charge is -2.11. The lowest BCUT2D eigenvalue weighted by atomic mass is 10.3. The molecule has 1 heterocycles. The van der Waals surface area contributed by atoms with Gasteiger partial charge in [-0.15, -0.1) is 11.8 Å². The molecule has 3 nitrogen and oxygen atoms in total. The first-order chi connectivity index (χ1) is 9.85. The van der Waals surface area contributed by atoms with Crippen molar-refractivity contribution >= 4 is 17.6 Å². The van der Waals surface area contributed by atoms with Gasteiger partial charge in [-0.2, -0.15) is 0 Å². The van der Waals surface area contributed by atoms with Crippen LogP contribution in [0.4, 0.5) is 5.82 Å². The van der Waals surface area contributed by atoms with E-state index in [1.807, 2.05) is 30.5 Å². The summed E-state index contributed by atoms with van der Waals surface area (Å²) in [5, 5.41) is 3.37. The van der Waals surface area contributed by atoms with E-state index in [1.165, 1.54) is 5.56 Å². The van der Waals surface area contributed by atoms with Crippen molar-refractivity contribution in [2.45, 2.75) is 24.0 Å². The largest absolute Gasteiger partial charge is 0.496 e. The molecule has 0 saturated heterocycles. The highest BCUT2D eigenvalue weighted by molar-refractivity contribution is 7.98. The highest BCUT2D eigenvalue weighted by Gasteiger charge is 2.06. The first-order valence-electron chi connectivity index (χ1n) is 6.78. The fourth-order valence-corrected chi connectivity index (χ4v) is 2.86. The first kappa shape index (κ1) is 14.7. The zero-order valence-electron chi connectivity index (χ0n) is 11.9. The summed E-state index contributed by atoms with van der Waals surface area (Å²) in [6.45, 7) is 3.10.